The summed E-state index contributed by atoms with van der Waals surface area (Å²) in [7, 11) is 0. The highest BCUT2D eigenvalue weighted by Gasteiger charge is 2.43. The maximum absolute atomic E-state index is 11.9. The summed E-state index contributed by atoms with van der Waals surface area (Å²) in [6, 6.07) is 0.832. The van der Waals surface area contributed by atoms with E-state index in [1.807, 2.05) is 4.90 Å². The summed E-state index contributed by atoms with van der Waals surface area (Å²) in [5, 5.41) is 3.38. The van der Waals surface area contributed by atoms with Gasteiger partial charge in [-0.1, -0.05) is 6.42 Å². The van der Waals surface area contributed by atoms with E-state index in [1.54, 1.807) is 0 Å². The lowest BCUT2D eigenvalue weighted by Crippen LogP contribution is -2.57. The van der Waals surface area contributed by atoms with E-state index in [9.17, 15) is 4.79 Å². The van der Waals surface area contributed by atoms with E-state index in [1.165, 1.54) is 25.7 Å². The van der Waals surface area contributed by atoms with Crippen molar-refractivity contribution in [2.24, 2.45) is 5.92 Å². The van der Waals surface area contributed by atoms with Crippen LogP contribution in [0.15, 0.2) is 0 Å². The Labute approximate surface area is 96.3 Å². The van der Waals surface area contributed by atoms with Crippen molar-refractivity contribution in [3.05, 3.63) is 0 Å². The molecule has 1 aliphatic carbocycles. The maximum atomic E-state index is 11.9. The normalized spacial score (nSPS) is 39.4. The van der Waals surface area contributed by atoms with Crippen molar-refractivity contribution in [2.75, 3.05) is 19.7 Å². The third-order valence-electron chi connectivity index (χ3n) is 4.27. The Balaban J connectivity index is 1.76. The molecular formula is C12H20N2O2. The van der Waals surface area contributed by atoms with Gasteiger partial charge in [-0.2, -0.15) is 0 Å². The van der Waals surface area contributed by atoms with Gasteiger partial charge in [0.25, 0.3) is 0 Å². The SMILES string of the molecule is O=C1OCC2CCCC2N1C1CCCNC1. The van der Waals surface area contributed by atoms with Gasteiger partial charge in [0.05, 0.1) is 6.61 Å². The molecule has 2 saturated heterocycles. The van der Waals surface area contributed by atoms with Crippen LogP contribution >= 0.6 is 0 Å². The molecule has 3 rings (SSSR count). The first-order valence-electron chi connectivity index (χ1n) is 6.52. The summed E-state index contributed by atoms with van der Waals surface area (Å²) < 4.78 is 5.32. The number of hydrogen-bond donors (Lipinski definition) is 1. The van der Waals surface area contributed by atoms with Gasteiger partial charge in [0.15, 0.2) is 0 Å². The largest absolute Gasteiger partial charge is 0.449 e. The Kier molecular flexibility index (Phi) is 2.75. The van der Waals surface area contributed by atoms with Gasteiger partial charge in [0.2, 0.25) is 0 Å². The van der Waals surface area contributed by atoms with E-state index in [0.29, 0.717) is 24.6 Å². The fraction of sp³-hybridized carbons (Fsp3) is 0.917. The van der Waals surface area contributed by atoms with Crippen LogP contribution in [0.4, 0.5) is 4.79 Å². The number of amides is 1. The van der Waals surface area contributed by atoms with E-state index in [2.05, 4.69) is 5.32 Å². The van der Waals surface area contributed by atoms with Gasteiger partial charge in [-0.3, -0.25) is 0 Å². The fourth-order valence-corrected chi connectivity index (χ4v) is 3.46. The number of rotatable bonds is 1. The minimum absolute atomic E-state index is 0.0724. The van der Waals surface area contributed by atoms with Crippen LogP contribution in [0.25, 0.3) is 0 Å². The molecule has 1 saturated carbocycles. The van der Waals surface area contributed by atoms with Crippen LogP contribution in [0.5, 0.6) is 0 Å². The molecule has 3 unspecified atom stereocenters. The van der Waals surface area contributed by atoms with Crippen LogP contribution in [0.1, 0.15) is 32.1 Å². The molecule has 0 aromatic heterocycles. The van der Waals surface area contributed by atoms with Gasteiger partial charge in [-0.25, -0.2) is 4.79 Å². The molecule has 3 aliphatic rings. The smallest absolute Gasteiger partial charge is 0.410 e. The lowest BCUT2D eigenvalue weighted by atomic mass is 9.97. The molecule has 0 bridgehead atoms. The molecule has 1 amide bonds. The number of nitrogens with one attached hydrogen (secondary N) is 1. The van der Waals surface area contributed by atoms with E-state index in [-0.39, 0.29) is 6.09 Å². The van der Waals surface area contributed by atoms with E-state index in [0.717, 1.165) is 19.5 Å². The highest BCUT2D eigenvalue weighted by atomic mass is 16.6. The highest BCUT2D eigenvalue weighted by Crippen LogP contribution is 2.35. The van der Waals surface area contributed by atoms with E-state index < -0.39 is 0 Å². The topological polar surface area (TPSA) is 41.6 Å². The average molecular weight is 224 g/mol. The van der Waals surface area contributed by atoms with Gasteiger partial charge < -0.3 is 15.0 Å². The third-order valence-corrected chi connectivity index (χ3v) is 4.27. The summed E-state index contributed by atoms with van der Waals surface area (Å²) in [6.07, 6.45) is 5.89. The van der Waals surface area contributed by atoms with Crippen molar-refractivity contribution in [3.63, 3.8) is 0 Å². The molecule has 3 fully saturated rings. The minimum atomic E-state index is -0.0724. The predicted molar refractivity (Wildman–Crippen MR) is 60.2 cm³/mol. The summed E-state index contributed by atoms with van der Waals surface area (Å²) in [5.74, 6) is 0.597. The Morgan fingerprint density at radius 2 is 2.19 bits per heavy atom. The van der Waals surface area contributed by atoms with Crippen molar-refractivity contribution < 1.29 is 9.53 Å². The lowest BCUT2D eigenvalue weighted by molar-refractivity contribution is -0.00431. The highest BCUT2D eigenvalue weighted by molar-refractivity contribution is 5.69. The van der Waals surface area contributed by atoms with Crippen LogP contribution in [0.3, 0.4) is 0 Å². The molecule has 4 heteroatoms. The molecule has 2 heterocycles. The second-order valence-electron chi connectivity index (χ2n) is 5.24. The zero-order chi connectivity index (χ0) is 11.0. The van der Waals surface area contributed by atoms with Crippen molar-refractivity contribution in [2.45, 2.75) is 44.2 Å². The molecule has 2 aliphatic heterocycles. The van der Waals surface area contributed by atoms with Crippen LogP contribution < -0.4 is 5.32 Å². The Hall–Kier alpha value is -0.770. The van der Waals surface area contributed by atoms with Crippen molar-refractivity contribution in [3.8, 4) is 0 Å². The van der Waals surface area contributed by atoms with Crippen LogP contribution in [-0.2, 0) is 4.74 Å². The fourth-order valence-electron chi connectivity index (χ4n) is 3.46. The average Bonchev–Trinajstić information content (AvgIpc) is 2.78. The van der Waals surface area contributed by atoms with E-state index in [4.69, 9.17) is 4.74 Å². The number of carbonyl (C=O) groups excluding carboxylic acids is 1. The van der Waals surface area contributed by atoms with Gasteiger partial charge in [0.1, 0.15) is 0 Å². The number of nitrogens with zero attached hydrogens (tertiary/aromatic N) is 1. The summed E-state index contributed by atoms with van der Waals surface area (Å²) in [6.45, 7) is 2.69. The first kappa shape index (κ1) is 10.4. The zero-order valence-corrected chi connectivity index (χ0v) is 9.65. The first-order chi connectivity index (χ1) is 7.86. The monoisotopic (exact) mass is 224 g/mol. The molecule has 16 heavy (non-hydrogen) atoms. The second kappa shape index (κ2) is 4.24. The van der Waals surface area contributed by atoms with Gasteiger partial charge in [-0.05, 0) is 32.2 Å². The summed E-state index contributed by atoms with van der Waals surface area (Å²) >= 11 is 0. The standard InChI is InChI=1S/C12H20N2O2/c15-12-14(10-4-2-6-13-7-10)11-5-1-3-9(11)8-16-12/h9-11,13H,1-8H2. The number of cyclic esters (lactones) is 1. The predicted octanol–water partition coefficient (Wildman–Crippen LogP) is 1.36. The quantitative estimate of drug-likeness (QED) is 0.731. The molecule has 0 radical (unpaired) electrons. The number of hydrogen-bond acceptors (Lipinski definition) is 3. The van der Waals surface area contributed by atoms with Gasteiger partial charge in [0, 0.05) is 24.5 Å². The van der Waals surface area contributed by atoms with Gasteiger partial charge >= 0.3 is 6.09 Å². The number of piperidine rings is 1. The molecule has 90 valence electrons. The Morgan fingerprint density at radius 1 is 1.25 bits per heavy atom. The Bertz CT molecular complexity index is 276. The number of fused-ring (bicyclic) bond motifs is 1. The number of ether oxygens (including phenoxy) is 1. The molecule has 0 aromatic rings. The summed E-state index contributed by atoms with van der Waals surface area (Å²) in [4.78, 5) is 14.0. The zero-order valence-electron chi connectivity index (χ0n) is 9.65. The minimum Gasteiger partial charge on any atom is -0.449 e. The molecule has 1 N–H and O–H groups in total. The molecule has 3 atom stereocenters. The lowest BCUT2D eigenvalue weighted by Gasteiger charge is -2.43. The molecule has 4 nitrogen and oxygen atoms in total. The molecule has 0 aromatic carbocycles. The van der Waals surface area contributed by atoms with Crippen LogP contribution in [0.2, 0.25) is 0 Å². The maximum Gasteiger partial charge on any atom is 0.410 e. The summed E-state index contributed by atoms with van der Waals surface area (Å²) in [5.41, 5.74) is 0. The first-order valence-corrected chi connectivity index (χ1v) is 6.52. The third kappa shape index (κ3) is 1.69. The Morgan fingerprint density at radius 3 is 3.00 bits per heavy atom. The van der Waals surface area contributed by atoms with Gasteiger partial charge in [-0.15, -0.1) is 0 Å². The molecular weight excluding hydrogens is 204 g/mol. The number of carbonyl (C=O) groups is 1. The van der Waals surface area contributed by atoms with Crippen LogP contribution in [0, 0.1) is 5.92 Å². The van der Waals surface area contributed by atoms with Crippen molar-refractivity contribution in [1.29, 1.82) is 0 Å². The van der Waals surface area contributed by atoms with E-state index >= 15 is 0 Å². The molecule has 0 spiro atoms. The van der Waals surface area contributed by atoms with Crippen molar-refractivity contribution >= 4 is 6.09 Å². The van der Waals surface area contributed by atoms with Crippen molar-refractivity contribution in [1.82, 2.24) is 10.2 Å². The second-order valence-corrected chi connectivity index (χ2v) is 5.24. The van der Waals surface area contributed by atoms with Crippen LogP contribution in [-0.4, -0.2) is 42.8 Å².